The van der Waals surface area contributed by atoms with E-state index in [4.69, 9.17) is 0 Å². The van der Waals surface area contributed by atoms with Gasteiger partial charge < -0.3 is 10.2 Å². The molecular formula is C15H30N2. The molecule has 0 spiro atoms. The molecule has 2 rings (SSSR count). The average molecular weight is 238 g/mol. The smallest absolute Gasteiger partial charge is 0.0107 e. The van der Waals surface area contributed by atoms with E-state index in [2.05, 4.69) is 24.1 Å². The highest BCUT2D eigenvalue weighted by Crippen LogP contribution is 2.27. The fourth-order valence-electron chi connectivity index (χ4n) is 3.62. The van der Waals surface area contributed by atoms with Crippen LogP contribution in [0.15, 0.2) is 0 Å². The fraction of sp³-hybridized carbons (Fsp3) is 1.00. The molecule has 100 valence electrons. The summed E-state index contributed by atoms with van der Waals surface area (Å²) in [5, 5.41) is 3.68. The SMILES string of the molecule is CCNC1CCCC1CN1CCCC(C)CC1. The molecule has 1 saturated carbocycles. The largest absolute Gasteiger partial charge is 0.314 e. The molecule has 0 amide bonds. The Balaban J connectivity index is 1.78. The summed E-state index contributed by atoms with van der Waals surface area (Å²) in [6.45, 7) is 9.84. The Bertz CT molecular complexity index is 217. The van der Waals surface area contributed by atoms with Crippen molar-refractivity contribution in [1.82, 2.24) is 10.2 Å². The zero-order valence-electron chi connectivity index (χ0n) is 11.8. The van der Waals surface area contributed by atoms with Crippen LogP contribution in [0, 0.1) is 11.8 Å². The molecule has 0 bridgehead atoms. The van der Waals surface area contributed by atoms with Crippen molar-refractivity contribution >= 4 is 0 Å². The third kappa shape index (κ3) is 3.96. The van der Waals surface area contributed by atoms with Gasteiger partial charge in [-0.15, -0.1) is 0 Å². The highest BCUT2D eigenvalue weighted by Gasteiger charge is 2.28. The Hall–Kier alpha value is -0.0800. The van der Waals surface area contributed by atoms with Crippen LogP contribution in [0.5, 0.6) is 0 Å². The molecule has 17 heavy (non-hydrogen) atoms. The molecule has 1 aliphatic heterocycles. The van der Waals surface area contributed by atoms with E-state index in [1.165, 1.54) is 58.2 Å². The van der Waals surface area contributed by atoms with Gasteiger partial charge in [0.2, 0.25) is 0 Å². The fourth-order valence-corrected chi connectivity index (χ4v) is 3.62. The van der Waals surface area contributed by atoms with Gasteiger partial charge in [0.1, 0.15) is 0 Å². The summed E-state index contributed by atoms with van der Waals surface area (Å²) in [7, 11) is 0. The second kappa shape index (κ2) is 6.75. The van der Waals surface area contributed by atoms with Crippen molar-refractivity contribution in [3.63, 3.8) is 0 Å². The van der Waals surface area contributed by atoms with Crippen LogP contribution in [-0.4, -0.2) is 37.1 Å². The second-order valence-electron chi connectivity index (χ2n) is 6.19. The van der Waals surface area contributed by atoms with Crippen molar-refractivity contribution in [3.8, 4) is 0 Å². The lowest BCUT2D eigenvalue weighted by atomic mass is 10.0. The lowest BCUT2D eigenvalue weighted by Gasteiger charge is -2.28. The third-order valence-corrected chi connectivity index (χ3v) is 4.73. The lowest BCUT2D eigenvalue weighted by Crippen LogP contribution is -2.39. The average Bonchev–Trinajstić information content (AvgIpc) is 2.63. The molecule has 0 aromatic rings. The van der Waals surface area contributed by atoms with Crippen LogP contribution >= 0.6 is 0 Å². The van der Waals surface area contributed by atoms with Crippen LogP contribution in [0.25, 0.3) is 0 Å². The van der Waals surface area contributed by atoms with Gasteiger partial charge in [-0.2, -0.15) is 0 Å². The third-order valence-electron chi connectivity index (χ3n) is 4.73. The summed E-state index contributed by atoms with van der Waals surface area (Å²) in [4.78, 5) is 2.74. The van der Waals surface area contributed by atoms with Gasteiger partial charge in [-0.25, -0.2) is 0 Å². The number of likely N-dealkylation sites (tertiary alicyclic amines) is 1. The molecule has 1 heterocycles. The monoisotopic (exact) mass is 238 g/mol. The maximum Gasteiger partial charge on any atom is 0.0107 e. The lowest BCUT2D eigenvalue weighted by molar-refractivity contribution is 0.219. The number of hydrogen-bond donors (Lipinski definition) is 1. The summed E-state index contributed by atoms with van der Waals surface area (Å²) >= 11 is 0. The number of nitrogens with zero attached hydrogens (tertiary/aromatic N) is 1. The molecule has 2 aliphatic rings. The van der Waals surface area contributed by atoms with Crippen LogP contribution in [0.3, 0.4) is 0 Å². The number of nitrogens with one attached hydrogen (secondary N) is 1. The predicted molar refractivity (Wildman–Crippen MR) is 74.3 cm³/mol. The first kappa shape index (κ1) is 13.4. The second-order valence-corrected chi connectivity index (χ2v) is 6.19. The summed E-state index contributed by atoms with van der Waals surface area (Å²) < 4.78 is 0. The highest BCUT2D eigenvalue weighted by molar-refractivity contribution is 4.85. The van der Waals surface area contributed by atoms with Crippen molar-refractivity contribution in [3.05, 3.63) is 0 Å². The first-order chi connectivity index (χ1) is 8.29. The molecule has 1 saturated heterocycles. The standard InChI is InChI=1S/C15H30N2/c1-3-16-15-8-4-7-14(15)12-17-10-5-6-13(2)9-11-17/h13-16H,3-12H2,1-2H3. The predicted octanol–water partition coefficient (Wildman–Crippen LogP) is 2.89. The van der Waals surface area contributed by atoms with Crippen LogP contribution < -0.4 is 5.32 Å². The molecule has 3 atom stereocenters. The minimum Gasteiger partial charge on any atom is -0.314 e. The normalized spacial score (nSPS) is 36.0. The van der Waals surface area contributed by atoms with E-state index in [0.29, 0.717) is 0 Å². The van der Waals surface area contributed by atoms with E-state index in [1.54, 1.807) is 0 Å². The van der Waals surface area contributed by atoms with Gasteiger partial charge in [-0.3, -0.25) is 0 Å². The maximum absolute atomic E-state index is 3.68. The van der Waals surface area contributed by atoms with Gasteiger partial charge in [-0.05, 0) is 63.6 Å². The molecule has 3 unspecified atom stereocenters. The molecule has 2 fully saturated rings. The first-order valence-electron chi connectivity index (χ1n) is 7.75. The van der Waals surface area contributed by atoms with Crippen LogP contribution in [0.2, 0.25) is 0 Å². The Morgan fingerprint density at radius 1 is 1.06 bits per heavy atom. The Morgan fingerprint density at radius 3 is 2.76 bits per heavy atom. The van der Waals surface area contributed by atoms with E-state index in [1.807, 2.05) is 0 Å². The summed E-state index contributed by atoms with van der Waals surface area (Å²) in [5.74, 6) is 1.87. The molecular weight excluding hydrogens is 208 g/mol. The highest BCUT2D eigenvalue weighted by atomic mass is 15.1. The quantitative estimate of drug-likeness (QED) is 0.810. The summed E-state index contributed by atoms with van der Waals surface area (Å²) in [6, 6.07) is 0.806. The van der Waals surface area contributed by atoms with Crippen LogP contribution in [0.1, 0.15) is 52.4 Å². The van der Waals surface area contributed by atoms with E-state index < -0.39 is 0 Å². The minimum absolute atomic E-state index is 0.806. The van der Waals surface area contributed by atoms with Crippen molar-refractivity contribution in [2.45, 2.75) is 58.4 Å². The molecule has 0 aromatic carbocycles. The van der Waals surface area contributed by atoms with Gasteiger partial charge in [0.05, 0.1) is 0 Å². The van der Waals surface area contributed by atoms with Gasteiger partial charge >= 0.3 is 0 Å². The van der Waals surface area contributed by atoms with Crippen LogP contribution in [-0.2, 0) is 0 Å². The van der Waals surface area contributed by atoms with E-state index in [-0.39, 0.29) is 0 Å². The molecule has 1 N–H and O–H groups in total. The number of hydrogen-bond acceptors (Lipinski definition) is 2. The summed E-state index contributed by atoms with van der Waals surface area (Å²) in [5.41, 5.74) is 0. The molecule has 0 radical (unpaired) electrons. The van der Waals surface area contributed by atoms with Crippen molar-refractivity contribution in [1.29, 1.82) is 0 Å². The van der Waals surface area contributed by atoms with E-state index >= 15 is 0 Å². The maximum atomic E-state index is 3.68. The Labute approximate surface area is 107 Å². The van der Waals surface area contributed by atoms with Gasteiger partial charge in [0.25, 0.3) is 0 Å². The zero-order valence-corrected chi connectivity index (χ0v) is 11.8. The zero-order chi connectivity index (χ0) is 12.1. The molecule has 0 aromatic heterocycles. The molecule has 1 aliphatic carbocycles. The van der Waals surface area contributed by atoms with Crippen molar-refractivity contribution in [2.75, 3.05) is 26.2 Å². The van der Waals surface area contributed by atoms with Gasteiger partial charge in [-0.1, -0.05) is 20.3 Å². The minimum atomic E-state index is 0.806. The van der Waals surface area contributed by atoms with E-state index in [0.717, 1.165) is 24.4 Å². The topological polar surface area (TPSA) is 15.3 Å². The summed E-state index contributed by atoms with van der Waals surface area (Å²) in [6.07, 6.45) is 8.56. The van der Waals surface area contributed by atoms with Crippen molar-refractivity contribution < 1.29 is 0 Å². The van der Waals surface area contributed by atoms with Crippen LogP contribution in [0.4, 0.5) is 0 Å². The Morgan fingerprint density at radius 2 is 1.94 bits per heavy atom. The number of rotatable bonds is 4. The van der Waals surface area contributed by atoms with E-state index in [9.17, 15) is 0 Å². The molecule has 2 nitrogen and oxygen atoms in total. The van der Waals surface area contributed by atoms with Crippen molar-refractivity contribution in [2.24, 2.45) is 11.8 Å². The Kier molecular flexibility index (Phi) is 5.30. The van der Waals surface area contributed by atoms with Gasteiger partial charge in [0.15, 0.2) is 0 Å². The first-order valence-corrected chi connectivity index (χ1v) is 7.75. The van der Waals surface area contributed by atoms with Gasteiger partial charge in [0, 0.05) is 12.6 Å². The molecule has 2 heteroatoms.